The van der Waals surface area contributed by atoms with Gasteiger partial charge < -0.3 is 20.5 Å². The van der Waals surface area contributed by atoms with Crippen molar-refractivity contribution in [2.24, 2.45) is 17.3 Å². The molecule has 7 nitrogen and oxygen atoms in total. The number of aryl methyl sites for hydroxylation is 1. The van der Waals surface area contributed by atoms with E-state index in [0.717, 1.165) is 35.7 Å². The molecule has 4 aromatic rings. The molecule has 3 aromatic carbocycles. The van der Waals surface area contributed by atoms with Gasteiger partial charge in [-0.2, -0.15) is 0 Å². The molecule has 0 bridgehead atoms. The Morgan fingerprint density at radius 2 is 1.46 bits per heavy atom. The molecular formula is C27H29N5O2S. The fourth-order valence-corrected chi connectivity index (χ4v) is 3.99. The number of carboxylic acids is 1. The van der Waals surface area contributed by atoms with Crippen LogP contribution in [0.3, 0.4) is 0 Å². The van der Waals surface area contributed by atoms with E-state index in [1.54, 1.807) is 11.3 Å². The number of azo groups is 1. The Labute approximate surface area is 209 Å². The van der Waals surface area contributed by atoms with Crippen molar-refractivity contribution in [2.45, 2.75) is 26.9 Å². The summed E-state index contributed by atoms with van der Waals surface area (Å²) in [5.74, 6) is -1.08. The highest BCUT2D eigenvalue weighted by molar-refractivity contribution is 7.12. The molecule has 0 fully saturated rings. The molecular weight excluding hydrogens is 458 g/mol. The highest BCUT2D eigenvalue weighted by atomic mass is 32.1. The van der Waals surface area contributed by atoms with E-state index in [1.807, 2.05) is 35.9 Å². The Bertz CT molecular complexity index is 1250. The van der Waals surface area contributed by atoms with E-state index in [1.165, 1.54) is 16.8 Å². The Hall–Kier alpha value is -4.04. The number of thiazole rings is 1. The zero-order valence-corrected chi connectivity index (χ0v) is 20.9. The number of carbonyl (C=O) groups is 1. The molecule has 0 aliphatic carbocycles. The van der Waals surface area contributed by atoms with Crippen LogP contribution in [-0.4, -0.2) is 5.97 Å². The molecule has 0 radical (unpaired) electrons. The van der Waals surface area contributed by atoms with Gasteiger partial charge in [-0.05, 0) is 53.6 Å². The largest absolute Gasteiger partial charge is 0.550 e. The molecule has 0 atom stereocenters. The van der Waals surface area contributed by atoms with Gasteiger partial charge in [-0.25, -0.2) is 4.57 Å². The predicted molar refractivity (Wildman–Crippen MR) is 139 cm³/mol. The molecule has 2 N–H and O–H groups in total. The minimum Gasteiger partial charge on any atom is -0.550 e. The molecule has 8 heteroatoms. The number of nitrogens with zero attached hydrogens (tertiary/aromatic N) is 3. The summed E-state index contributed by atoms with van der Waals surface area (Å²) < 4.78 is 2.04. The van der Waals surface area contributed by atoms with Crippen LogP contribution in [0.5, 0.6) is 0 Å². The number of carbonyl (C=O) groups excluding carboxylic acids is 1. The molecule has 35 heavy (non-hydrogen) atoms. The summed E-state index contributed by atoms with van der Waals surface area (Å²) in [6.45, 7) is 4.48. The number of carboxylic acid groups (broad SMARTS) is 1. The zero-order valence-electron chi connectivity index (χ0n) is 20.1. The van der Waals surface area contributed by atoms with E-state index >= 15 is 0 Å². The van der Waals surface area contributed by atoms with Crippen molar-refractivity contribution in [2.75, 3.05) is 10.6 Å². The third-order valence-electron chi connectivity index (χ3n) is 5.07. The van der Waals surface area contributed by atoms with Crippen LogP contribution in [-0.2, 0) is 24.9 Å². The Morgan fingerprint density at radius 1 is 0.886 bits per heavy atom. The fourth-order valence-electron chi connectivity index (χ4n) is 3.17. The van der Waals surface area contributed by atoms with Gasteiger partial charge in [-0.3, -0.25) is 0 Å². The summed E-state index contributed by atoms with van der Waals surface area (Å²) in [5.41, 5.74) is 6.36. The molecule has 0 unspecified atom stereocenters. The van der Waals surface area contributed by atoms with Crippen molar-refractivity contribution in [3.8, 4) is 0 Å². The van der Waals surface area contributed by atoms with Crippen LogP contribution in [0.15, 0.2) is 94.5 Å². The van der Waals surface area contributed by atoms with Gasteiger partial charge in [0.25, 0.3) is 0 Å². The predicted octanol–water partition coefficient (Wildman–Crippen LogP) is 5.28. The minimum atomic E-state index is -1.08. The van der Waals surface area contributed by atoms with Crippen molar-refractivity contribution in [3.63, 3.8) is 0 Å². The number of rotatable bonds is 8. The molecule has 0 aliphatic rings. The van der Waals surface area contributed by atoms with Gasteiger partial charge in [0.15, 0.2) is 0 Å². The van der Waals surface area contributed by atoms with Gasteiger partial charge >= 0.3 is 5.13 Å². The molecule has 0 saturated carbocycles. The highest BCUT2D eigenvalue weighted by Crippen LogP contribution is 2.35. The van der Waals surface area contributed by atoms with Crippen molar-refractivity contribution in [1.82, 2.24) is 0 Å². The standard InChI is InChI=1S/C25H25N5S.C2H4O2/c1-19-18-31-25(30(19)2)29-28-23-15-9-14-22(26-16-20-10-5-3-6-11-20)24(23)27-17-21-12-7-4-8-13-21;1-2(3)4/h3-15,18H,16-17H2,1-2H3,(H,26,28);1H3,(H,3,4). The van der Waals surface area contributed by atoms with Gasteiger partial charge in [-0.15, -0.1) is 0 Å². The Morgan fingerprint density at radius 3 is 2.00 bits per heavy atom. The van der Waals surface area contributed by atoms with Crippen LogP contribution in [0, 0.1) is 6.92 Å². The molecule has 0 saturated heterocycles. The molecule has 4 rings (SSSR count). The fraction of sp³-hybridized carbons (Fsp3) is 0.185. The van der Waals surface area contributed by atoms with E-state index in [4.69, 9.17) is 9.90 Å². The lowest BCUT2D eigenvalue weighted by Gasteiger charge is -2.15. The molecule has 0 aliphatic heterocycles. The number of benzene rings is 3. The SMILES string of the molecule is CC(=O)[O-].Cc1csc(N=Nc2cccc(NCc3ccccc3)c2NCc2ccccc2)[n+]1C. The first-order valence-corrected chi connectivity index (χ1v) is 12.0. The van der Waals surface area contributed by atoms with Crippen LogP contribution >= 0.6 is 11.3 Å². The highest BCUT2D eigenvalue weighted by Gasteiger charge is 2.14. The minimum absolute atomic E-state index is 0.708. The van der Waals surface area contributed by atoms with Crippen LogP contribution in [0.4, 0.5) is 22.2 Å². The summed E-state index contributed by atoms with van der Waals surface area (Å²) in [4.78, 5) is 8.89. The summed E-state index contributed by atoms with van der Waals surface area (Å²) >= 11 is 1.59. The van der Waals surface area contributed by atoms with Crippen LogP contribution in [0.1, 0.15) is 23.7 Å². The topological polar surface area (TPSA) is 92.8 Å². The average molecular weight is 488 g/mol. The van der Waals surface area contributed by atoms with E-state index in [-0.39, 0.29) is 0 Å². The number of anilines is 2. The van der Waals surface area contributed by atoms with E-state index in [0.29, 0.717) is 6.54 Å². The first kappa shape index (κ1) is 25.6. The second-order valence-corrected chi connectivity index (χ2v) is 8.62. The third-order valence-corrected chi connectivity index (χ3v) is 6.10. The maximum absolute atomic E-state index is 8.89. The molecule has 180 valence electrons. The van der Waals surface area contributed by atoms with Gasteiger partial charge in [0.1, 0.15) is 11.4 Å². The quantitative estimate of drug-likeness (QED) is 0.261. The maximum Gasteiger partial charge on any atom is 0.408 e. The number of aromatic nitrogens is 1. The van der Waals surface area contributed by atoms with Crippen LogP contribution in [0.25, 0.3) is 0 Å². The van der Waals surface area contributed by atoms with Crippen molar-refractivity contribution in [3.05, 3.63) is 101 Å². The van der Waals surface area contributed by atoms with Crippen LogP contribution < -0.4 is 20.3 Å². The van der Waals surface area contributed by atoms with Gasteiger partial charge in [0, 0.05) is 24.4 Å². The third kappa shape index (κ3) is 8.04. The molecule has 0 amide bonds. The smallest absolute Gasteiger partial charge is 0.408 e. The normalized spacial score (nSPS) is 10.5. The monoisotopic (exact) mass is 487 g/mol. The second-order valence-electron chi connectivity index (χ2n) is 7.79. The van der Waals surface area contributed by atoms with Gasteiger partial charge in [-0.1, -0.05) is 66.7 Å². The van der Waals surface area contributed by atoms with E-state index in [9.17, 15) is 0 Å². The average Bonchev–Trinajstić information content (AvgIpc) is 3.18. The molecule has 1 heterocycles. The lowest BCUT2D eigenvalue weighted by molar-refractivity contribution is -0.660. The van der Waals surface area contributed by atoms with Crippen molar-refractivity contribution < 1.29 is 14.5 Å². The van der Waals surface area contributed by atoms with E-state index < -0.39 is 5.97 Å². The zero-order chi connectivity index (χ0) is 25.0. The molecule has 0 spiro atoms. The molecule has 1 aromatic heterocycles. The van der Waals surface area contributed by atoms with Gasteiger partial charge in [0.2, 0.25) is 0 Å². The number of hydrogen-bond acceptors (Lipinski definition) is 7. The first-order valence-electron chi connectivity index (χ1n) is 11.2. The lowest BCUT2D eigenvalue weighted by atomic mass is 10.1. The summed E-state index contributed by atoms with van der Waals surface area (Å²) in [6, 6.07) is 26.8. The number of aliphatic carboxylic acids is 1. The van der Waals surface area contributed by atoms with Crippen LogP contribution in [0.2, 0.25) is 0 Å². The van der Waals surface area contributed by atoms with E-state index in [2.05, 4.69) is 87.8 Å². The summed E-state index contributed by atoms with van der Waals surface area (Å²) in [6.07, 6.45) is 0. The summed E-state index contributed by atoms with van der Waals surface area (Å²) in [7, 11) is 2.01. The lowest BCUT2D eigenvalue weighted by Crippen LogP contribution is -2.28. The van der Waals surface area contributed by atoms with Crippen molar-refractivity contribution >= 4 is 39.5 Å². The Kier molecular flexibility index (Phi) is 9.50. The van der Waals surface area contributed by atoms with Crippen molar-refractivity contribution in [1.29, 1.82) is 0 Å². The first-order chi connectivity index (χ1) is 16.9. The number of hydrogen-bond donors (Lipinski definition) is 2. The number of nitrogens with one attached hydrogen (secondary N) is 2. The maximum atomic E-state index is 8.89. The number of para-hydroxylation sites is 1. The Balaban J connectivity index is 0.000000795. The van der Waals surface area contributed by atoms with Gasteiger partial charge in [0.05, 0.1) is 23.5 Å². The summed E-state index contributed by atoms with van der Waals surface area (Å²) in [5, 5.41) is 28.1. The second kappa shape index (κ2) is 13.0.